The molecule has 23 heavy (non-hydrogen) atoms. The molecule has 122 valence electrons. The molecule has 0 aliphatic carbocycles. The third kappa shape index (κ3) is 4.60. The average Bonchev–Trinajstić information content (AvgIpc) is 2.56. The largest absolute Gasteiger partial charge is 0.493 e. The lowest BCUT2D eigenvalue weighted by molar-refractivity contribution is -0.115. The van der Waals surface area contributed by atoms with E-state index in [1.807, 2.05) is 0 Å². The van der Waals surface area contributed by atoms with E-state index < -0.39 is 0 Å². The third-order valence-corrected chi connectivity index (χ3v) is 3.21. The van der Waals surface area contributed by atoms with Crippen molar-refractivity contribution < 1.29 is 18.7 Å². The predicted molar refractivity (Wildman–Crippen MR) is 87.7 cm³/mol. The maximum Gasteiger partial charge on any atom is 0.226 e. The fourth-order valence-electron chi connectivity index (χ4n) is 2.05. The van der Waals surface area contributed by atoms with Crippen molar-refractivity contribution in [2.75, 3.05) is 31.4 Å². The number of ether oxygens (including phenoxy) is 2. The van der Waals surface area contributed by atoms with E-state index in [1.54, 1.807) is 43.5 Å². The first kappa shape index (κ1) is 16.6. The van der Waals surface area contributed by atoms with Crippen LogP contribution in [0, 0.1) is 5.82 Å². The average molecular weight is 318 g/mol. The van der Waals surface area contributed by atoms with E-state index in [1.165, 1.54) is 13.2 Å². The number of carbonyl (C=O) groups is 1. The highest BCUT2D eigenvalue weighted by Crippen LogP contribution is 2.29. The van der Waals surface area contributed by atoms with Gasteiger partial charge in [-0.1, -0.05) is 12.1 Å². The number of nitrogens with one attached hydrogen (secondary N) is 2. The van der Waals surface area contributed by atoms with Gasteiger partial charge < -0.3 is 20.1 Å². The molecular formula is C17H19FN2O3. The Morgan fingerprint density at radius 1 is 1.09 bits per heavy atom. The molecule has 0 saturated carbocycles. The smallest absolute Gasteiger partial charge is 0.226 e. The van der Waals surface area contributed by atoms with Crippen molar-refractivity contribution in [3.05, 3.63) is 48.3 Å². The summed E-state index contributed by atoms with van der Waals surface area (Å²) in [5.41, 5.74) is 0.991. The fourth-order valence-corrected chi connectivity index (χ4v) is 2.05. The summed E-state index contributed by atoms with van der Waals surface area (Å²) in [4.78, 5) is 11.9. The molecule has 2 aromatic carbocycles. The molecule has 2 aromatic rings. The molecule has 0 saturated heterocycles. The molecule has 0 unspecified atom stereocenters. The quantitative estimate of drug-likeness (QED) is 0.822. The van der Waals surface area contributed by atoms with Gasteiger partial charge in [-0.25, -0.2) is 4.39 Å². The van der Waals surface area contributed by atoms with Crippen LogP contribution in [0.5, 0.6) is 11.5 Å². The normalized spacial score (nSPS) is 10.0. The fraction of sp³-hybridized carbons (Fsp3) is 0.235. The molecule has 0 bridgehead atoms. The summed E-state index contributed by atoms with van der Waals surface area (Å²) in [6, 6.07) is 11.5. The Morgan fingerprint density at radius 2 is 1.83 bits per heavy atom. The zero-order valence-corrected chi connectivity index (χ0v) is 13.1. The lowest BCUT2D eigenvalue weighted by Crippen LogP contribution is -2.16. The van der Waals surface area contributed by atoms with Crippen LogP contribution < -0.4 is 20.1 Å². The molecule has 6 heteroatoms. The SMILES string of the molecule is COc1ccc(NC(=O)CCNc2ccccc2F)cc1OC. The molecule has 0 heterocycles. The van der Waals surface area contributed by atoms with E-state index in [4.69, 9.17) is 9.47 Å². The Hall–Kier alpha value is -2.76. The van der Waals surface area contributed by atoms with Crippen molar-refractivity contribution in [2.24, 2.45) is 0 Å². The number of carbonyl (C=O) groups excluding carboxylic acids is 1. The molecule has 0 aliphatic rings. The van der Waals surface area contributed by atoms with Gasteiger partial charge in [0.15, 0.2) is 11.5 Å². The van der Waals surface area contributed by atoms with E-state index in [9.17, 15) is 9.18 Å². The van der Waals surface area contributed by atoms with Crippen molar-refractivity contribution >= 4 is 17.3 Å². The van der Waals surface area contributed by atoms with Crippen molar-refractivity contribution in [3.8, 4) is 11.5 Å². The first-order chi connectivity index (χ1) is 11.1. The number of amides is 1. The Balaban J connectivity index is 1.86. The highest BCUT2D eigenvalue weighted by molar-refractivity contribution is 5.91. The van der Waals surface area contributed by atoms with Crippen molar-refractivity contribution in [2.45, 2.75) is 6.42 Å². The third-order valence-electron chi connectivity index (χ3n) is 3.21. The number of para-hydroxylation sites is 1. The zero-order chi connectivity index (χ0) is 16.7. The van der Waals surface area contributed by atoms with Crippen LogP contribution in [0.4, 0.5) is 15.8 Å². The van der Waals surface area contributed by atoms with Crippen molar-refractivity contribution in [1.82, 2.24) is 0 Å². The van der Waals surface area contributed by atoms with Crippen LogP contribution in [-0.4, -0.2) is 26.7 Å². The molecule has 0 spiro atoms. The van der Waals surface area contributed by atoms with Crippen LogP contribution in [0.15, 0.2) is 42.5 Å². The molecule has 2 N–H and O–H groups in total. The van der Waals surface area contributed by atoms with Gasteiger partial charge in [-0.2, -0.15) is 0 Å². The minimum atomic E-state index is -0.340. The number of methoxy groups -OCH3 is 2. The Labute approximate surface area is 134 Å². The van der Waals surface area contributed by atoms with Gasteiger partial charge in [-0.15, -0.1) is 0 Å². The Morgan fingerprint density at radius 3 is 2.52 bits per heavy atom. The van der Waals surface area contributed by atoms with Crippen LogP contribution in [-0.2, 0) is 4.79 Å². The summed E-state index contributed by atoms with van der Waals surface area (Å²) in [6.45, 7) is 0.333. The lowest BCUT2D eigenvalue weighted by Gasteiger charge is -2.11. The molecule has 0 aliphatic heterocycles. The van der Waals surface area contributed by atoms with Gasteiger partial charge in [-0.05, 0) is 24.3 Å². The van der Waals surface area contributed by atoms with E-state index in [0.29, 0.717) is 29.4 Å². The van der Waals surface area contributed by atoms with Gasteiger partial charge in [-0.3, -0.25) is 4.79 Å². The Kier molecular flexibility index (Phi) is 5.80. The second-order valence-electron chi connectivity index (χ2n) is 4.77. The van der Waals surface area contributed by atoms with Crippen molar-refractivity contribution in [1.29, 1.82) is 0 Å². The van der Waals surface area contributed by atoms with Crippen LogP contribution >= 0.6 is 0 Å². The van der Waals surface area contributed by atoms with E-state index >= 15 is 0 Å². The monoisotopic (exact) mass is 318 g/mol. The van der Waals surface area contributed by atoms with Crippen molar-refractivity contribution in [3.63, 3.8) is 0 Å². The van der Waals surface area contributed by atoms with Crippen LogP contribution in [0.2, 0.25) is 0 Å². The molecule has 5 nitrogen and oxygen atoms in total. The van der Waals surface area contributed by atoms with E-state index in [0.717, 1.165) is 0 Å². The van der Waals surface area contributed by atoms with Gasteiger partial charge in [0.25, 0.3) is 0 Å². The number of anilines is 2. The Bertz CT molecular complexity index is 677. The standard InChI is InChI=1S/C17H19FN2O3/c1-22-15-8-7-12(11-16(15)23-2)20-17(21)9-10-19-14-6-4-3-5-13(14)18/h3-8,11,19H,9-10H2,1-2H3,(H,20,21). The summed E-state index contributed by atoms with van der Waals surface area (Å²) in [7, 11) is 3.08. The number of halogens is 1. The first-order valence-corrected chi connectivity index (χ1v) is 7.14. The van der Waals surface area contributed by atoms with Gasteiger partial charge in [0.1, 0.15) is 5.82 Å². The molecule has 1 amide bonds. The highest BCUT2D eigenvalue weighted by atomic mass is 19.1. The summed E-state index contributed by atoms with van der Waals surface area (Å²) < 4.78 is 23.7. The van der Waals surface area contributed by atoms with Crippen LogP contribution in [0.3, 0.4) is 0 Å². The molecular weight excluding hydrogens is 299 g/mol. The maximum absolute atomic E-state index is 13.4. The first-order valence-electron chi connectivity index (χ1n) is 7.14. The van der Waals surface area contributed by atoms with Gasteiger partial charge >= 0.3 is 0 Å². The minimum absolute atomic E-state index is 0.180. The highest BCUT2D eigenvalue weighted by Gasteiger charge is 2.08. The lowest BCUT2D eigenvalue weighted by atomic mass is 10.2. The second-order valence-corrected chi connectivity index (χ2v) is 4.77. The number of benzene rings is 2. The number of rotatable bonds is 7. The van der Waals surface area contributed by atoms with Gasteiger partial charge in [0.2, 0.25) is 5.91 Å². The summed E-state index contributed by atoms with van der Waals surface area (Å²) in [6.07, 6.45) is 0.211. The second kappa shape index (κ2) is 8.03. The van der Waals surface area contributed by atoms with E-state index in [2.05, 4.69) is 10.6 Å². The maximum atomic E-state index is 13.4. The molecule has 0 fully saturated rings. The topological polar surface area (TPSA) is 59.6 Å². The molecule has 0 aromatic heterocycles. The molecule has 0 radical (unpaired) electrons. The zero-order valence-electron chi connectivity index (χ0n) is 13.1. The molecule has 2 rings (SSSR count). The predicted octanol–water partition coefficient (Wildman–Crippen LogP) is 3.28. The minimum Gasteiger partial charge on any atom is -0.493 e. The van der Waals surface area contributed by atoms with E-state index in [-0.39, 0.29) is 18.1 Å². The molecule has 0 atom stereocenters. The summed E-state index contributed by atoms with van der Waals surface area (Å²) in [5.74, 6) is 0.607. The number of hydrogen-bond acceptors (Lipinski definition) is 4. The van der Waals surface area contributed by atoms with Crippen LogP contribution in [0.1, 0.15) is 6.42 Å². The number of hydrogen-bond donors (Lipinski definition) is 2. The van der Waals surface area contributed by atoms with Gasteiger partial charge in [0.05, 0.1) is 19.9 Å². The van der Waals surface area contributed by atoms with Gasteiger partial charge in [0, 0.05) is 24.7 Å². The summed E-state index contributed by atoms with van der Waals surface area (Å²) in [5, 5.41) is 5.65. The summed E-state index contributed by atoms with van der Waals surface area (Å²) >= 11 is 0. The van der Waals surface area contributed by atoms with Crippen LogP contribution in [0.25, 0.3) is 0 Å².